The number of amides is 1. The lowest BCUT2D eigenvalue weighted by molar-refractivity contribution is -0.117. The van der Waals surface area contributed by atoms with Crippen molar-refractivity contribution in [3.8, 4) is 17.2 Å². The predicted octanol–water partition coefficient (Wildman–Crippen LogP) is 3.84. The van der Waals surface area contributed by atoms with Crippen molar-refractivity contribution in [2.24, 2.45) is 5.92 Å². The first-order chi connectivity index (χ1) is 10.3. The molecule has 0 bridgehead atoms. The molecule has 1 aliphatic carbocycles. The fourth-order valence-corrected chi connectivity index (χ4v) is 2.03. The van der Waals surface area contributed by atoms with Gasteiger partial charge in [-0.3, -0.25) is 4.79 Å². The Morgan fingerprint density at radius 2 is 1.71 bits per heavy atom. The van der Waals surface area contributed by atoms with E-state index in [2.05, 4.69) is 5.32 Å². The lowest BCUT2D eigenvalue weighted by Gasteiger charge is -2.10. The van der Waals surface area contributed by atoms with Gasteiger partial charge in [0.2, 0.25) is 5.91 Å². The summed E-state index contributed by atoms with van der Waals surface area (Å²) in [6, 6.07) is 14.8. The molecule has 0 spiro atoms. The van der Waals surface area contributed by atoms with Crippen LogP contribution in [0.5, 0.6) is 17.2 Å². The highest BCUT2D eigenvalue weighted by molar-refractivity contribution is 5.94. The number of para-hydroxylation sites is 2. The molecule has 21 heavy (non-hydrogen) atoms. The van der Waals surface area contributed by atoms with Crippen molar-refractivity contribution < 1.29 is 14.3 Å². The molecule has 0 aromatic heterocycles. The molecule has 1 amide bonds. The molecule has 0 unspecified atom stereocenters. The van der Waals surface area contributed by atoms with E-state index >= 15 is 0 Å². The first-order valence-corrected chi connectivity index (χ1v) is 6.98. The zero-order valence-electron chi connectivity index (χ0n) is 11.8. The third-order valence-corrected chi connectivity index (χ3v) is 3.37. The van der Waals surface area contributed by atoms with Crippen molar-refractivity contribution in [2.75, 3.05) is 12.4 Å². The van der Waals surface area contributed by atoms with Crippen molar-refractivity contribution in [1.29, 1.82) is 0 Å². The van der Waals surface area contributed by atoms with Gasteiger partial charge < -0.3 is 14.8 Å². The van der Waals surface area contributed by atoms with Crippen molar-refractivity contribution in [2.45, 2.75) is 12.8 Å². The molecule has 3 rings (SSSR count). The number of methoxy groups -OCH3 is 1. The monoisotopic (exact) mass is 283 g/mol. The normalized spacial score (nSPS) is 13.6. The summed E-state index contributed by atoms with van der Waals surface area (Å²) in [5, 5.41) is 2.90. The number of hydrogen-bond donors (Lipinski definition) is 1. The van der Waals surface area contributed by atoms with Crippen LogP contribution in [-0.2, 0) is 4.79 Å². The summed E-state index contributed by atoms with van der Waals surface area (Å²) in [5.41, 5.74) is 0.791. The van der Waals surface area contributed by atoms with Crippen LogP contribution < -0.4 is 14.8 Å². The number of nitrogens with one attached hydrogen (secondary N) is 1. The van der Waals surface area contributed by atoms with Gasteiger partial charge in [-0.05, 0) is 49.2 Å². The van der Waals surface area contributed by atoms with Crippen LogP contribution in [0.1, 0.15) is 12.8 Å². The molecule has 1 aliphatic rings. The highest BCUT2D eigenvalue weighted by Crippen LogP contribution is 2.32. The summed E-state index contributed by atoms with van der Waals surface area (Å²) in [6.45, 7) is 0. The fourth-order valence-electron chi connectivity index (χ4n) is 2.03. The number of hydrogen-bond acceptors (Lipinski definition) is 3. The van der Waals surface area contributed by atoms with E-state index in [1.807, 2.05) is 48.5 Å². The molecule has 108 valence electrons. The van der Waals surface area contributed by atoms with Crippen LogP contribution >= 0.6 is 0 Å². The van der Waals surface area contributed by atoms with Gasteiger partial charge in [-0.25, -0.2) is 0 Å². The largest absolute Gasteiger partial charge is 0.493 e. The summed E-state index contributed by atoms with van der Waals surface area (Å²) >= 11 is 0. The second-order valence-electron chi connectivity index (χ2n) is 5.04. The van der Waals surface area contributed by atoms with Gasteiger partial charge >= 0.3 is 0 Å². The summed E-state index contributed by atoms with van der Waals surface area (Å²) in [6.07, 6.45) is 2.00. The van der Waals surface area contributed by atoms with E-state index < -0.39 is 0 Å². The van der Waals surface area contributed by atoms with Crippen molar-refractivity contribution >= 4 is 11.6 Å². The Kier molecular flexibility index (Phi) is 3.77. The van der Waals surface area contributed by atoms with Crippen molar-refractivity contribution in [3.05, 3.63) is 48.5 Å². The standard InChI is InChI=1S/C17H17NO3/c1-20-15-4-2-3-5-16(15)21-14-10-8-13(9-11-14)18-17(19)12-6-7-12/h2-5,8-12H,6-7H2,1H3,(H,18,19). The Morgan fingerprint density at radius 1 is 1.05 bits per heavy atom. The SMILES string of the molecule is COc1ccccc1Oc1ccc(NC(=O)C2CC2)cc1. The Labute approximate surface area is 123 Å². The number of rotatable bonds is 5. The number of ether oxygens (including phenoxy) is 2. The number of carbonyl (C=O) groups is 1. The lowest BCUT2D eigenvalue weighted by Crippen LogP contribution is -2.12. The van der Waals surface area contributed by atoms with Gasteiger partial charge in [0.1, 0.15) is 5.75 Å². The average Bonchev–Trinajstić information content (AvgIpc) is 3.34. The minimum atomic E-state index is 0.105. The second kappa shape index (κ2) is 5.87. The number of carbonyl (C=O) groups excluding carboxylic acids is 1. The summed E-state index contributed by atoms with van der Waals surface area (Å²) in [4.78, 5) is 11.7. The van der Waals surface area contributed by atoms with Crippen molar-refractivity contribution in [3.63, 3.8) is 0 Å². The molecule has 0 radical (unpaired) electrons. The molecular formula is C17H17NO3. The molecule has 0 heterocycles. The second-order valence-corrected chi connectivity index (χ2v) is 5.04. The maximum Gasteiger partial charge on any atom is 0.227 e. The first kappa shape index (κ1) is 13.5. The Morgan fingerprint density at radius 3 is 2.33 bits per heavy atom. The molecule has 1 saturated carbocycles. The molecule has 1 fully saturated rings. The highest BCUT2D eigenvalue weighted by atomic mass is 16.5. The predicted molar refractivity (Wildman–Crippen MR) is 80.9 cm³/mol. The highest BCUT2D eigenvalue weighted by Gasteiger charge is 2.29. The molecule has 0 atom stereocenters. The van der Waals surface area contributed by atoms with Gasteiger partial charge in [-0.2, -0.15) is 0 Å². The minimum absolute atomic E-state index is 0.105. The third kappa shape index (κ3) is 3.34. The zero-order chi connectivity index (χ0) is 14.7. The molecule has 1 N–H and O–H groups in total. The van der Waals surface area contributed by atoms with Crippen LogP contribution in [0.3, 0.4) is 0 Å². The van der Waals surface area contributed by atoms with E-state index in [9.17, 15) is 4.79 Å². The summed E-state index contributed by atoms with van der Waals surface area (Å²) < 4.78 is 11.0. The van der Waals surface area contributed by atoms with E-state index in [1.165, 1.54) is 0 Å². The van der Waals surface area contributed by atoms with Gasteiger partial charge in [0, 0.05) is 11.6 Å². The van der Waals surface area contributed by atoms with E-state index in [4.69, 9.17) is 9.47 Å². The summed E-state index contributed by atoms with van der Waals surface area (Å²) in [7, 11) is 1.61. The molecule has 0 saturated heterocycles. The molecule has 0 aliphatic heterocycles. The Balaban J connectivity index is 1.67. The van der Waals surface area contributed by atoms with Gasteiger partial charge in [0.25, 0.3) is 0 Å². The van der Waals surface area contributed by atoms with Crippen molar-refractivity contribution in [1.82, 2.24) is 0 Å². The van der Waals surface area contributed by atoms with E-state index in [-0.39, 0.29) is 11.8 Å². The van der Waals surface area contributed by atoms with Gasteiger partial charge in [0.15, 0.2) is 11.5 Å². The molecule has 4 heteroatoms. The van der Waals surface area contributed by atoms with Crippen LogP contribution in [0.15, 0.2) is 48.5 Å². The topological polar surface area (TPSA) is 47.6 Å². The average molecular weight is 283 g/mol. The number of benzene rings is 2. The van der Waals surface area contributed by atoms with Crippen LogP contribution in [0.2, 0.25) is 0 Å². The van der Waals surface area contributed by atoms with Crippen LogP contribution in [0.25, 0.3) is 0 Å². The van der Waals surface area contributed by atoms with E-state index in [1.54, 1.807) is 7.11 Å². The maximum atomic E-state index is 11.7. The number of anilines is 1. The molecule has 2 aromatic carbocycles. The third-order valence-electron chi connectivity index (χ3n) is 3.37. The first-order valence-electron chi connectivity index (χ1n) is 6.98. The minimum Gasteiger partial charge on any atom is -0.493 e. The van der Waals surface area contributed by atoms with E-state index in [0.717, 1.165) is 18.5 Å². The summed E-state index contributed by atoms with van der Waals surface area (Å²) in [5.74, 6) is 2.35. The lowest BCUT2D eigenvalue weighted by atomic mass is 10.2. The zero-order valence-corrected chi connectivity index (χ0v) is 11.8. The van der Waals surface area contributed by atoms with Gasteiger partial charge in [-0.15, -0.1) is 0 Å². The fraction of sp³-hybridized carbons (Fsp3) is 0.235. The molecular weight excluding hydrogens is 266 g/mol. The van der Waals surface area contributed by atoms with Crippen LogP contribution in [-0.4, -0.2) is 13.0 Å². The van der Waals surface area contributed by atoms with Gasteiger partial charge in [0.05, 0.1) is 7.11 Å². The van der Waals surface area contributed by atoms with E-state index in [0.29, 0.717) is 17.2 Å². The maximum absolute atomic E-state index is 11.7. The van der Waals surface area contributed by atoms with Gasteiger partial charge in [-0.1, -0.05) is 12.1 Å². The quantitative estimate of drug-likeness (QED) is 0.907. The smallest absolute Gasteiger partial charge is 0.227 e. The Hall–Kier alpha value is -2.49. The Bertz CT molecular complexity index is 633. The van der Waals surface area contributed by atoms with Crippen LogP contribution in [0, 0.1) is 5.92 Å². The van der Waals surface area contributed by atoms with Crippen LogP contribution in [0.4, 0.5) is 5.69 Å². The molecule has 4 nitrogen and oxygen atoms in total. The molecule has 2 aromatic rings.